The van der Waals surface area contributed by atoms with Crippen LogP contribution in [0.2, 0.25) is 0 Å². The lowest BCUT2D eigenvalue weighted by Crippen LogP contribution is -2.47. The number of para-hydroxylation sites is 1. The topological polar surface area (TPSA) is 38.2 Å². The molecular formula is C48H43N3O. The van der Waals surface area contributed by atoms with Crippen LogP contribution in [0.25, 0.3) is 33.7 Å². The Labute approximate surface area is 307 Å². The highest BCUT2D eigenvalue weighted by Crippen LogP contribution is 2.65. The quantitative estimate of drug-likeness (QED) is 0.132. The second kappa shape index (κ2) is 12.5. The molecule has 5 aromatic rings. The minimum Gasteiger partial charge on any atom is -0.492 e. The third kappa shape index (κ3) is 4.88. The Morgan fingerprint density at radius 3 is 2.19 bits per heavy atom. The number of fused-ring (bicyclic) bond motifs is 6. The van der Waals surface area contributed by atoms with Crippen molar-refractivity contribution in [3.63, 3.8) is 0 Å². The molecule has 0 amide bonds. The number of allylic oxidation sites excluding steroid dienone is 6. The van der Waals surface area contributed by atoms with Crippen LogP contribution >= 0.6 is 0 Å². The van der Waals surface area contributed by atoms with Crippen molar-refractivity contribution in [3.05, 3.63) is 180 Å². The monoisotopic (exact) mass is 677 g/mol. The first kappa shape index (κ1) is 32.2. The van der Waals surface area contributed by atoms with E-state index in [1.165, 1.54) is 33.4 Å². The summed E-state index contributed by atoms with van der Waals surface area (Å²) in [7, 11) is 0. The van der Waals surface area contributed by atoms with Crippen molar-refractivity contribution in [3.8, 4) is 22.5 Å². The van der Waals surface area contributed by atoms with Crippen LogP contribution in [0.3, 0.4) is 0 Å². The molecule has 4 nitrogen and oxygen atoms in total. The lowest BCUT2D eigenvalue weighted by Gasteiger charge is -2.45. The Kier molecular flexibility index (Phi) is 7.73. The second-order valence-electron chi connectivity index (χ2n) is 14.7. The molecule has 9 rings (SSSR count). The summed E-state index contributed by atoms with van der Waals surface area (Å²) >= 11 is 0. The number of ether oxygens (including phenoxy) is 1. The van der Waals surface area contributed by atoms with Gasteiger partial charge in [-0.15, -0.1) is 0 Å². The largest absolute Gasteiger partial charge is 0.492 e. The summed E-state index contributed by atoms with van der Waals surface area (Å²) in [5.74, 6) is 2.62. The van der Waals surface area contributed by atoms with Gasteiger partial charge in [-0.2, -0.15) is 0 Å². The average molecular weight is 678 g/mol. The molecule has 2 aliphatic heterocycles. The maximum Gasteiger partial charge on any atom is 0.162 e. The van der Waals surface area contributed by atoms with Crippen molar-refractivity contribution in [2.24, 2.45) is 5.41 Å². The third-order valence-electron chi connectivity index (χ3n) is 11.7. The molecule has 0 fully saturated rings. The Bertz CT molecular complexity index is 2330. The number of hydrogen-bond donors (Lipinski definition) is 0. The van der Waals surface area contributed by atoms with Crippen LogP contribution in [-0.4, -0.2) is 21.6 Å². The van der Waals surface area contributed by atoms with E-state index in [1.807, 2.05) is 6.07 Å². The Balaban J connectivity index is 1.30. The molecule has 0 bridgehead atoms. The molecule has 4 aliphatic rings. The zero-order valence-electron chi connectivity index (χ0n) is 30.3. The van der Waals surface area contributed by atoms with Gasteiger partial charge in [0, 0.05) is 22.9 Å². The first-order valence-electron chi connectivity index (χ1n) is 18.5. The van der Waals surface area contributed by atoms with Crippen molar-refractivity contribution in [1.29, 1.82) is 0 Å². The van der Waals surface area contributed by atoms with E-state index in [4.69, 9.17) is 14.7 Å². The minimum absolute atomic E-state index is 0.0429. The van der Waals surface area contributed by atoms with E-state index in [1.54, 1.807) is 0 Å². The minimum atomic E-state index is -0.569. The summed E-state index contributed by atoms with van der Waals surface area (Å²) in [6.07, 6.45) is 15.7. The fraction of sp³-hybridized carbons (Fsp3) is 0.208. The van der Waals surface area contributed by atoms with Gasteiger partial charge in [-0.05, 0) is 86.1 Å². The number of benzene rings is 4. The van der Waals surface area contributed by atoms with Gasteiger partial charge < -0.3 is 9.64 Å². The molecule has 4 heteroatoms. The lowest BCUT2D eigenvalue weighted by molar-refractivity contribution is 0.0678. The summed E-state index contributed by atoms with van der Waals surface area (Å²) < 4.78 is 7.16. The molecule has 0 saturated carbocycles. The Morgan fingerprint density at radius 2 is 1.46 bits per heavy atom. The van der Waals surface area contributed by atoms with Crippen molar-refractivity contribution in [2.75, 3.05) is 4.90 Å². The predicted octanol–water partition coefficient (Wildman–Crippen LogP) is 11.9. The van der Waals surface area contributed by atoms with E-state index in [0.29, 0.717) is 5.82 Å². The molecule has 4 aromatic carbocycles. The number of anilines is 2. The van der Waals surface area contributed by atoms with Crippen LogP contribution in [0.15, 0.2) is 163 Å². The normalized spacial score (nSPS) is 24.7. The van der Waals surface area contributed by atoms with Gasteiger partial charge in [0.2, 0.25) is 0 Å². The maximum atomic E-state index is 7.16. The Morgan fingerprint density at radius 1 is 0.788 bits per heavy atom. The van der Waals surface area contributed by atoms with E-state index in [0.717, 1.165) is 46.9 Å². The summed E-state index contributed by atoms with van der Waals surface area (Å²) in [4.78, 5) is 13.1. The molecule has 0 spiro atoms. The van der Waals surface area contributed by atoms with Crippen LogP contribution in [0.4, 0.5) is 11.5 Å². The second-order valence-corrected chi connectivity index (χ2v) is 14.7. The molecule has 0 saturated heterocycles. The molecule has 0 radical (unpaired) electrons. The number of nitrogens with zero attached hydrogens (tertiary/aromatic N) is 3. The van der Waals surface area contributed by atoms with Gasteiger partial charge in [0.25, 0.3) is 0 Å². The van der Waals surface area contributed by atoms with Gasteiger partial charge >= 0.3 is 0 Å². The van der Waals surface area contributed by atoms with Gasteiger partial charge in [0.05, 0.1) is 22.6 Å². The van der Waals surface area contributed by atoms with Crippen LogP contribution in [0.1, 0.15) is 63.3 Å². The molecule has 0 N–H and O–H groups in total. The number of hydrogen-bond acceptors (Lipinski definition) is 4. The van der Waals surface area contributed by atoms with Crippen molar-refractivity contribution in [1.82, 2.24) is 9.97 Å². The fourth-order valence-electron chi connectivity index (χ4n) is 9.07. The van der Waals surface area contributed by atoms with Gasteiger partial charge in [0.15, 0.2) is 5.82 Å². The molecule has 2 aliphatic carbocycles. The van der Waals surface area contributed by atoms with Crippen molar-refractivity contribution < 1.29 is 4.74 Å². The van der Waals surface area contributed by atoms with E-state index < -0.39 is 5.54 Å². The highest BCUT2D eigenvalue weighted by Gasteiger charge is 2.60. The molecular weight excluding hydrogens is 635 g/mol. The van der Waals surface area contributed by atoms with Crippen molar-refractivity contribution >= 4 is 22.7 Å². The number of aromatic nitrogens is 2. The standard InChI is InChI=1S/C48H43N3O/c1-5-17-32(6-2)40-31-43(50-46(49-40)36-20-11-8-12-21-36)51-41-23-14-13-22-37(41)44-45-39(47(3)29-16-15-24-42(47)52-45)30-38(48(44,51)4)35-27-25-34(26-28-35)33-18-9-7-10-19-33/h5-14,16-23,25-31,42,44H,15,24H2,1-4H3/b17-5-,32-6+. The van der Waals surface area contributed by atoms with Crippen LogP contribution in [0.5, 0.6) is 0 Å². The van der Waals surface area contributed by atoms with Gasteiger partial charge in [0.1, 0.15) is 17.7 Å². The van der Waals surface area contributed by atoms with E-state index in [9.17, 15) is 0 Å². The summed E-state index contributed by atoms with van der Waals surface area (Å²) in [5.41, 5.74) is 10.8. The van der Waals surface area contributed by atoms with Crippen LogP contribution < -0.4 is 4.90 Å². The summed E-state index contributed by atoms with van der Waals surface area (Å²) in [6, 6.07) is 41.1. The summed E-state index contributed by atoms with van der Waals surface area (Å²) in [5, 5.41) is 0. The molecule has 256 valence electrons. The zero-order chi connectivity index (χ0) is 35.5. The van der Waals surface area contributed by atoms with Gasteiger partial charge in [-0.25, -0.2) is 9.97 Å². The maximum absolute atomic E-state index is 7.16. The fourth-order valence-corrected chi connectivity index (χ4v) is 9.07. The molecule has 52 heavy (non-hydrogen) atoms. The first-order chi connectivity index (χ1) is 25.4. The average Bonchev–Trinajstić information content (AvgIpc) is 3.64. The third-order valence-corrected chi connectivity index (χ3v) is 11.7. The molecule has 4 unspecified atom stereocenters. The summed E-state index contributed by atoms with van der Waals surface area (Å²) in [6.45, 7) is 8.89. The van der Waals surface area contributed by atoms with Gasteiger partial charge in [-0.1, -0.05) is 134 Å². The highest BCUT2D eigenvalue weighted by atomic mass is 16.5. The molecule has 4 atom stereocenters. The smallest absolute Gasteiger partial charge is 0.162 e. The zero-order valence-corrected chi connectivity index (χ0v) is 30.3. The lowest BCUT2D eigenvalue weighted by atomic mass is 9.65. The van der Waals surface area contributed by atoms with Gasteiger partial charge in [-0.3, -0.25) is 0 Å². The molecule has 3 heterocycles. The van der Waals surface area contributed by atoms with Crippen LogP contribution in [-0.2, 0) is 4.74 Å². The van der Waals surface area contributed by atoms with Crippen LogP contribution in [0, 0.1) is 5.41 Å². The molecule has 1 aromatic heterocycles. The predicted molar refractivity (Wildman–Crippen MR) is 214 cm³/mol. The number of rotatable bonds is 6. The highest BCUT2D eigenvalue weighted by molar-refractivity contribution is 5.92. The Hall–Kier alpha value is -5.74. The van der Waals surface area contributed by atoms with E-state index in [2.05, 4.69) is 178 Å². The van der Waals surface area contributed by atoms with E-state index in [-0.39, 0.29) is 17.4 Å². The van der Waals surface area contributed by atoms with Crippen molar-refractivity contribution in [2.45, 2.75) is 58.1 Å². The van der Waals surface area contributed by atoms with E-state index >= 15 is 0 Å². The first-order valence-corrected chi connectivity index (χ1v) is 18.5. The SMILES string of the molecule is C/C=C\C(=C/C)c1cc(N2c3ccccc3C3C4=C(C=C(c5ccc(-c6ccccc6)cc5)C32C)C2(C)C=CCCC2O4)nc(-c2ccccc2)n1.